The minimum atomic E-state index is -0.677. The van der Waals surface area contributed by atoms with Crippen molar-refractivity contribution in [1.29, 1.82) is 0 Å². The van der Waals surface area contributed by atoms with Crippen LogP contribution in [0.4, 0.5) is 10.4 Å². The molecule has 0 radical (unpaired) electrons. The summed E-state index contributed by atoms with van der Waals surface area (Å²) in [6.07, 6.45) is 1.13. The Bertz CT molecular complexity index is 605. The van der Waals surface area contributed by atoms with Crippen molar-refractivity contribution < 1.29 is 19.1 Å². The average molecular weight is 307 g/mol. The summed E-state index contributed by atoms with van der Waals surface area (Å²) in [5.74, 6) is 0.0670. The van der Waals surface area contributed by atoms with E-state index in [0.717, 1.165) is 0 Å². The zero-order valence-corrected chi connectivity index (χ0v) is 11.9. The highest BCUT2D eigenvalue weighted by molar-refractivity contribution is 5.55. The van der Waals surface area contributed by atoms with Crippen molar-refractivity contribution in [2.45, 2.75) is 43.9 Å². The summed E-state index contributed by atoms with van der Waals surface area (Å²) in [5.41, 5.74) is 0.671. The highest BCUT2D eigenvalue weighted by atomic mass is 19.1. The number of hydrogen-bond acceptors (Lipinski definition) is 6. The number of aliphatic hydroxyl groups is 2. The van der Waals surface area contributed by atoms with Gasteiger partial charge in [-0.2, -0.15) is 4.98 Å². The summed E-state index contributed by atoms with van der Waals surface area (Å²) >= 11 is 0. The van der Waals surface area contributed by atoms with Gasteiger partial charge in [-0.3, -0.25) is 0 Å². The number of nitrogens with one attached hydrogen (secondary N) is 1. The van der Waals surface area contributed by atoms with E-state index in [-0.39, 0.29) is 17.9 Å². The summed E-state index contributed by atoms with van der Waals surface area (Å²) in [4.78, 5) is 4.24. The second-order valence-corrected chi connectivity index (χ2v) is 5.56. The third kappa shape index (κ3) is 3.42. The Morgan fingerprint density at radius 3 is 2.32 bits per heavy atom. The molecule has 118 valence electrons. The summed E-state index contributed by atoms with van der Waals surface area (Å²) in [7, 11) is 0. The average Bonchev–Trinajstić information content (AvgIpc) is 2.92. The fraction of sp³-hybridized carbons (Fsp3) is 0.467. The quantitative estimate of drug-likeness (QED) is 0.751. The first-order valence-corrected chi connectivity index (χ1v) is 7.34. The van der Waals surface area contributed by atoms with Gasteiger partial charge >= 0.3 is 6.01 Å². The van der Waals surface area contributed by atoms with Crippen LogP contribution in [0.25, 0.3) is 11.4 Å². The van der Waals surface area contributed by atoms with Gasteiger partial charge in [-0.05, 0) is 49.9 Å². The number of hydrogen-bond donors (Lipinski definition) is 3. The van der Waals surface area contributed by atoms with Gasteiger partial charge < -0.3 is 20.1 Å². The van der Waals surface area contributed by atoms with Crippen LogP contribution in [-0.2, 0) is 0 Å². The molecule has 1 aromatic carbocycles. The summed E-state index contributed by atoms with van der Waals surface area (Å²) in [6, 6.07) is 6.20. The SMILES string of the molecule is O[C@@H]1CCC(Nc2nc(-c3ccc(F)cc3)no2)CC[C@@H]1O. The fourth-order valence-corrected chi connectivity index (χ4v) is 2.59. The second-order valence-electron chi connectivity index (χ2n) is 5.56. The van der Waals surface area contributed by atoms with Gasteiger partial charge in [0.1, 0.15) is 5.82 Å². The number of rotatable bonds is 3. The summed E-state index contributed by atoms with van der Waals surface area (Å²) < 4.78 is 18.1. The van der Waals surface area contributed by atoms with Gasteiger partial charge in [-0.15, -0.1) is 0 Å². The first-order chi connectivity index (χ1) is 10.6. The number of anilines is 1. The Labute approximate surface area is 127 Å². The molecule has 0 aliphatic heterocycles. The first kappa shape index (κ1) is 14.9. The number of aromatic nitrogens is 2. The van der Waals surface area contributed by atoms with Gasteiger partial charge in [-0.25, -0.2) is 4.39 Å². The smallest absolute Gasteiger partial charge is 0.322 e. The third-order valence-electron chi connectivity index (χ3n) is 3.92. The van der Waals surface area contributed by atoms with Crippen LogP contribution < -0.4 is 5.32 Å². The number of halogens is 1. The molecule has 1 aliphatic rings. The molecule has 3 N–H and O–H groups in total. The van der Waals surface area contributed by atoms with Gasteiger partial charge in [-0.1, -0.05) is 5.16 Å². The largest absolute Gasteiger partial charge is 0.390 e. The number of benzene rings is 1. The predicted octanol–water partition coefficient (Wildman–Crippen LogP) is 1.95. The van der Waals surface area contributed by atoms with E-state index in [2.05, 4.69) is 15.5 Å². The standard InChI is InChI=1S/C15H18FN3O3/c16-10-3-1-9(2-4-10)14-18-15(22-19-14)17-11-5-7-12(20)13(21)8-6-11/h1-4,11-13,20-21H,5-8H2,(H,17,18,19)/t11?,12-,13+. The Morgan fingerprint density at radius 1 is 1.05 bits per heavy atom. The molecule has 1 saturated carbocycles. The Balaban J connectivity index is 1.65. The normalized spacial score (nSPS) is 25.7. The minimum Gasteiger partial charge on any atom is -0.390 e. The van der Waals surface area contributed by atoms with Crippen LogP contribution in [0, 0.1) is 5.82 Å². The van der Waals surface area contributed by atoms with Crippen LogP contribution in [0.1, 0.15) is 25.7 Å². The zero-order chi connectivity index (χ0) is 15.5. The molecule has 3 rings (SSSR count). The Kier molecular flexibility index (Phi) is 4.35. The maximum atomic E-state index is 12.9. The molecular formula is C15H18FN3O3. The summed E-state index contributed by atoms with van der Waals surface area (Å²) in [6.45, 7) is 0. The van der Waals surface area contributed by atoms with Crippen molar-refractivity contribution in [3.8, 4) is 11.4 Å². The number of aliphatic hydroxyl groups excluding tert-OH is 2. The molecule has 3 atom stereocenters. The van der Waals surface area contributed by atoms with Crippen LogP contribution >= 0.6 is 0 Å². The van der Waals surface area contributed by atoms with Gasteiger partial charge in [0.15, 0.2) is 0 Å². The topological polar surface area (TPSA) is 91.4 Å². The minimum absolute atomic E-state index is 0.0633. The Morgan fingerprint density at radius 2 is 1.68 bits per heavy atom. The molecular weight excluding hydrogens is 289 g/mol. The lowest BCUT2D eigenvalue weighted by atomic mass is 10.1. The van der Waals surface area contributed by atoms with Crippen molar-refractivity contribution >= 4 is 6.01 Å². The molecule has 1 heterocycles. The molecule has 0 bridgehead atoms. The van der Waals surface area contributed by atoms with E-state index in [1.54, 1.807) is 12.1 Å². The fourth-order valence-electron chi connectivity index (χ4n) is 2.59. The molecule has 0 amide bonds. The zero-order valence-electron chi connectivity index (χ0n) is 11.9. The van der Waals surface area contributed by atoms with E-state index in [1.807, 2.05) is 0 Å². The lowest BCUT2D eigenvalue weighted by Gasteiger charge is -2.13. The van der Waals surface area contributed by atoms with Crippen molar-refractivity contribution in [3.63, 3.8) is 0 Å². The molecule has 1 unspecified atom stereocenters. The van der Waals surface area contributed by atoms with Crippen LogP contribution in [0.15, 0.2) is 28.8 Å². The maximum Gasteiger partial charge on any atom is 0.322 e. The highest BCUT2D eigenvalue weighted by Gasteiger charge is 2.25. The molecule has 22 heavy (non-hydrogen) atoms. The van der Waals surface area contributed by atoms with E-state index in [1.165, 1.54) is 12.1 Å². The van der Waals surface area contributed by atoms with E-state index < -0.39 is 12.2 Å². The number of nitrogens with zero attached hydrogens (tertiary/aromatic N) is 2. The molecule has 1 aromatic heterocycles. The van der Waals surface area contributed by atoms with Crippen LogP contribution in [0.2, 0.25) is 0 Å². The molecule has 1 aliphatic carbocycles. The van der Waals surface area contributed by atoms with E-state index >= 15 is 0 Å². The van der Waals surface area contributed by atoms with Crippen LogP contribution in [0.5, 0.6) is 0 Å². The molecule has 0 saturated heterocycles. The molecule has 6 nitrogen and oxygen atoms in total. The summed E-state index contributed by atoms with van der Waals surface area (Å²) in [5, 5.41) is 26.3. The van der Waals surface area contributed by atoms with Crippen LogP contribution in [-0.4, -0.2) is 38.6 Å². The van der Waals surface area contributed by atoms with Gasteiger partial charge in [0.25, 0.3) is 0 Å². The molecule has 0 spiro atoms. The lowest BCUT2D eigenvalue weighted by Crippen LogP contribution is -2.23. The maximum absolute atomic E-state index is 12.9. The Hall–Kier alpha value is -1.99. The van der Waals surface area contributed by atoms with E-state index in [0.29, 0.717) is 37.1 Å². The molecule has 2 aromatic rings. The third-order valence-corrected chi connectivity index (χ3v) is 3.92. The first-order valence-electron chi connectivity index (χ1n) is 7.34. The van der Waals surface area contributed by atoms with E-state index in [4.69, 9.17) is 4.52 Å². The van der Waals surface area contributed by atoms with Crippen molar-refractivity contribution in [2.24, 2.45) is 0 Å². The van der Waals surface area contributed by atoms with Crippen LogP contribution in [0.3, 0.4) is 0 Å². The second kappa shape index (κ2) is 6.41. The van der Waals surface area contributed by atoms with Crippen molar-refractivity contribution in [2.75, 3.05) is 5.32 Å². The lowest BCUT2D eigenvalue weighted by molar-refractivity contribution is 0.0157. The van der Waals surface area contributed by atoms with Gasteiger partial charge in [0.2, 0.25) is 5.82 Å². The van der Waals surface area contributed by atoms with Crippen molar-refractivity contribution in [1.82, 2.24) is 10.1 Å². The predicted molar refractivity (Wildman–Crippen MR) is 77.6 cm³/mol. The molecule has 7 heteroatoms. The van der Waals surface area contributed by atoms with Gasteiger partial charge in [0, 0.05) is 11.6 Å². The molecule has 1 fully saturated rings. The van der Waals surface area contributed by atoms with Gasteiger partial charge in [0.05, 0.1) is 12.2 Å². The van der Waals surface area contributed by atoms with Crippen molar-refractivity contribution in [3.05, 3.63) is 30.1 Å². The highest BCUT2D eigenvalue weighted by Crippen LogP contribution is 2.23. The monoisotopic (exact) mass is 307 g/mol. The van der Waals surface area contributed by atoms with E-state index in [9.17, 15) is 14.6 Å².